The summed E-state index contributed by atoms with van der Waals surface area (Å²) in [6.45, 7) is 5.69. The molecule has 8 heteroatoms. The van der Waals surface area contributed by atoms with Gasteiger partial charge in [-0.15, -0.1) is 0 Å². The number of halogens is 2. The SMILES string of the molecule is CN1CCC(N(C(=O)C2CC2)C2CCN(CCC(CN(C)C(=O)c3ccccc3)c3ccc(Cl)c(Cl)c3)CC2)CC1. The number of benzene rings is 2. The van der Waals surface area contributed by atoms with Crippen molar-refractivity contribution >= 4 is 35.0 Å². The molecule has 6 nitrogen and oxygen atoms in total. The summed E-state index contributed by atoms with van der Waals surface area (Å²) in [7, 11) is 4.06. The molecule has 1 atom stereocenters. The predicted molar refractivity (Wildman–Crippen MR) is 167 cm³/mol. The molecule has 1 saturated carbocycles. The third-order valence-electron chi connectivity index (χ3n) is 9.28. The van der Waals surface area contributed by atoms with E-state index in [1.54, 1.807) is 0 Å². The number of amides is 2. The van der Waals surface area contributed by atoms with Crippen LogP contribution < -0.4 is 0 Å². The number of likely N-dealkylation sites (N-methyl/N-ethyl adjacent to an activating group) is 1. The number of piperidine rings is 2. The van der Waals surface area contributed by atoms with E-state index in [9.17, 15) is 9.59 Å². The van der Waals surface area contributed by atoms with Crippen LogP contribution in [0.4, 0.5) is 0 Å². The van der Waals surface area contributed by atoms with Gasteiger partial charge in [-0.05, 0) is 101 Å². The Labute approximate surface area is 255 Å². The summed E-state index contributed by atoms with van der Waals surface area (Å²) in [6, 6.07) is 16.0. The van der Waals surface area contributed by atoms with Gasteiger partial charge in [-0.1, -0.05) is 47.5 Å². The molecule has 2 aromatic carbocycles. The fourth-order valence-corrected chi connectivity index (χ4v) is 6.88. The van der Waals surface area contributed by atoms with E-state index in [2.05, 4.69) is 21.7 Å². The lowest BCUT2D eigenvalue weighted by Crippen LogP contribution is -2.54. The van der Waals surface area contributed by atoms with Crippen molar-refractivity contribution in [3.8, 4) is 0 Å². The maximum Gasteiger partial charge on any atom is 0.253 e. The Morgan fingerprint density at radius 1 is 0.878 bits per heavy atom. The van der Waals surface area contributed by atoms with Gasteiger partial charge in [0.1, 0.15) is 0 Å². The summed E-state index contributed by atoms with van der Waals surface area (Å²) < 4.78 is 0. The number of rotatable bonds is 10. The van der Waals surface area contributed by atoms with Gasteiger partial charge in [-0.3, -0.25) is 9.59 Å². The molecule has 41 heavy (non-hydrogen) atoms. The van der Waals surface area contributed by atoms with Gasteiger partial charge in [0.2, 0.25) is 5.91 Å². The highest BCUT2D eigenvalue weighted by Gasteiger charge is 2.41. The first-order valence-electron chi connectivity index (χ1n) is 15.3. The highest BCUT2D eigenvalue weighted by molar-refractivity contribution is 6.42. The molecule has 1 aliphatic carbocycles. The van der Waals surface area contributed by atoms with Crippen LogP contribution in [0, 0.1) is 5.92 Å². The third-order valence-corrected chi connectivity index (χ3v) is 10.0. The van der Waals surface area contributed by atoms with Crippen LogP contribution in [0.25, 0.3) is 0 Å². The molecule has 0 N–H and O–H groups in total. The number of carbonyl (C=O) groups is 2. The average molecular weight is 600 g/mol. The van der Waals surface area contributed by atoms with E-state index < -0.39 is 0 Å². The maximum atomic E-state index is 13.4. The molecule has 0 bridgehead atoms. The first kappa shape index (κ1) is 30.3. The van der Waals surface area contributed by atoms with Gasteiger partial charge in [0.15, 0.2) is 0 Å². The largest absolute Gasteiger partial charge is 0.341 e. The van der Waals surface area contributed by atoms with Crippen molar-refractivity contribution in [2.75, 3.05) is 53.4 Å². The summed E-state index contributed by atoms with van der Waals surface area (Å²) in [5.74, 6) is 0.845. The smallest absolute Gasteiger partial charge is 0.253 e. The molecular weight excluding hydrogens is 555 g/mol. The lowest BCUT2D eigenvalue weighted by atomic mass is 9.93. The molecule has 0 spiro atoms. The molecular formula is C33H44Cl2N4O2. The maximum absolute atomic E-state index is 13.4. The first-order chi connectivity index (χ1) is 19.8. The second-order valence-corrected chi connectivity index (χ2v) is 13.2. The van der Waals surface area contributed by atoms with E-state index >= 15 is 0 Å². The van der Waals surface area contributed by atoms with Gasteiger partial charge >= 0.3 is 0 Å². The minimum Gasteiger partial charge on any atom is -0.341 e. The fraction of sp³-hybridized carbons (Fsp3) is 0.576. The van der Waals surface area contributed by atoms with Crippen LogP contribution >= 0.6 is 23.2 Å². The average Bonchev–Trinajstić information content (AvgIpc) is 3.84. The molecule has 0 radical (unpaired) electrons. The third kappa shape index (κ3) is 7.84. The van der Waals surface area contributed by atoms with Crippen LogP contribution in [-0.4, -0.2) is 96.9 Å². The van der Waals surface area contributed by atoms with Crippen LogP contribution in [0.3, 0.4) is 0 Å². The normalized spacial score (nSPS) is 20.1. The number of likely N-dealkylation sites (tertiary alicyclic amines) is 2. The number of hydrogen-bond donors (Lipinski definition) is 0. The summed E-state index contributed by atoms with van der Waals surface area (Å²) in [4.78, 5) is 35.6. The molecule has 5 rings (SSSR count). The van der Waals surface area contributed by atoms with Crippen LogP contribution in [0.5, 0.6) is 0 Å². The van der Waals surface area contributed by atoms with Crippen LogP contribution in [-0.2, 0) is 4.79 Å². The highest BCUT2D eigenvalue weighted by atomic mass is 35.5. The Kier molecular flexibility index (Phi) is 10.3. The van der Waals surface area contributed by atoms with E-state index in [1.165, 1.54) is 0 Å². The fourth-order valence-electron chi connectivity index (χ4n) is 6.58. The minimum absolute atomic E-state index is 0.0193. The second-order valence-electron chi connectivity index (χ2n) is 12.3. The van der Waals surface area contributed by atoms with Crippen molar-refractivity contribution in [1.29, 1.82) is 0 Å². The van der Waals surface area contributed by atoms with Gasteiger partial charge in [0, 0.05) is 56.2 Å². The Bertz CT molecular complexity index is 1180. The quantitative estimate of drug-likeness (QED) is 0.335. The monoisotopic (exact) mass is 598 g/mol. The van der Waals surface area contributed by atoms with Crippen molar-refractivity contribution in [2.45, 2.75) is 62.9 Å². The molecule has 1 unspecified atom stereocenters. The topological polar surface area (TPSA) is 47.1 Å². The van der Waals surface area contributed by atoms with Crippen molar-refractivity contribution in [3.05, 3.63) is 69.7 Å². The Hall–Kier alpha value is -2.12. The minimum atomic E-state index is 0.0193. The van der Waals surface area contributed by atoms with Crippen LogP contribution in [0.15, 0.2) is 48.5 Å². The van der Waals surface area contributed by atoms with Gasteiger partial charge in [0.25, 0.3) is 5.91 Å². The van der Waals surface area contributed by atoms with Crippen LogP contribution in [0.1, 0.15) is 66.8 Å². The van der Waals surface area contributed by atoms with E-state index in [1.807, 2.05) is 60.5 Å². The van der Waals surface area contributed by atoms with Gasteiger partial charge in [-0.2, -0.15) is 0 Å². The number of nitrogens with zero attached hydrogens (tertiary/aromatic N) is 4. The second kappa shape index (κ2) is 13.9. The summed E-state index contributed by atoms with van der Waals surface area (Å²) in [6.07, 6.45) is 7.31. The molecule has 2 aliphatic heterocycles. The molecule has 2 saturated heterocycles. The number of carbonyl (C=O) groups excluding carboxylic acids is 2. The lowest BCUT2D eigenvalue weighted by molar-refractivity contribution is -0.140. The van der Waals surface area contributed by atoms with E-state index in [-0.39, 0.29) is 17.7 Å². The zero-order valence-electron chi connectivity index (χ0n) is 24.5. The zero-order chi connectivity index (χ0) is 28.9. The van der Waals surface area contributed by atoms with Crippen molar-refractivity contribution in [3.63, 3.8) is 0 Å². The highest BCUT2D eigenvalue weighted by Crippen LogP contribution is 2.36. The molecule has 0 aromatic heterocycles. The van der Waals surface area contributed by atoms with Gasteiger partial charge < -0.3 is 19.6 Å². The zero-order valence-corrected chi connectivity index (χ0v) is 26.0. The number of hydrogen-bond acceptors (Lipinski definition) is 4. The van der Waals surface area contributed by atoms with Gasteiger partial charge in [-0.25, -0.2) is 0 Å². The van der Waals surface area contributed by atoms with Gasteiger partial charge in [0.05, 0.1) is 10.0 Å². The van der Waals surface area contributed by atoms with Crippen LogP contribution in [0.2, 0.25) is 10.0 Å². The molecule has 222 valence electrons. The molecule has 2 aromatic rings. The summed E-state index contributed by atoms with van der Waals surface area (Å²) in [5, 5.41) is 1.08. The molecule has 3 aliphatic rings. The van der Waals surface area contributed by atoms with Crippen molar-refractivity contribution in [1.82, 2.24) is 19.6 Å². The first-order valence-corrected chi connectivity index (χ1v) is 16.0. The van der Waals surface area contributed by atoms with Crippen molar-refractivity contribution < 1.29 is 9.59 Å². The van der Waals surface area contributed by atoms with Crippen molar-refractivity contribution in [2.24, 2.45) is 5.92 Å². The summed E-state index contributed by atoms with van der Waals surface area (Å²) >= 11 is 12.6. The Morgan fingerprint density at radius 3 is 2.12 bits per heavy atom. The van der Waals surface area contributed by atoms with E-state index in [4.69, 9.17) is 23.2 Å². The summed E-state index contributed by atoms with van der Waals surface area (Å²) in [5.41, 5.74) is 1.80. The predicted octanol–water partition coefficient (Wildman–Crippen LogP) is 6.04. The van der Waals surface area contributed by atoms with E-state index in [0.717, 1.165) is 83.2 Å². The van der Waals surface area contributed by atoms with E-state index in [0.29, 0.717) is 40.1 Å². The molecule has 2 amide bonds. The molecule has 2 heterocycles. The molecule has 3 fully saturated rings. The Morgan fingerprint density at radius 2 is 1.51 bits per heavy atom. The Balaban J connectivity index is 1.21. The standard InChI is InChI=1S/C33H44Cl2N4O2/c1-36-17-13-28(14-18-36)39(33(41)25-8-9-25)29-15-20-38(21-16-29)19-12-27(26-10-11-30(34)31(35)22-26)23-37(2)32(40)24-6-4-3-5-7-24/h3-7,10-11,22,25,27-29H,8-9,12-21,23H2,1-2H3. The lowest BCUT2D eigenvalue weighted by Gasteiger charge is -2.45.